The molecule has 1 aromatic heterocycles. The lowest BCUT2D eigenvalue weighted by Gasteiger charge is -2.06. The van der Waals surface area contributed by atoms with Crippen molar-refractivity contribution in [3.63, 3.8) is 0 Å². The first-order valence-electron chi connectivity index (χ1n) is 4.74. The van der Waals surface area contributed by atoms with Crippen molar-refractivity contribution in [1.29, 1.82) is 0 Å². The Balaban J connectivity index is 2.35. The lowest BCUT2D eigenvalue weighted by atomic mass is 10.3. The Hall–Kier alpha value is -1.04. The Labute approximate surface area is 92.6 Å². The van der Waals surface area contributed by atoms with Crippen molar-refractivity contribution in [2.45, 2.75) is 37.7 Å². The zero-order valence-electron chi connectivity index (χ0n) is 9.02. The van der Waals surface area contributed by atoms with E-state index in [4.69, 9.17) is 9.15 Å². The number of nitrogens with zero attached hydrogens (tertiary/aromatic N) is 2. The summed E-state index contributed by atoms with van der Waals surface area (Å²) in [6.45, 7) is 5.85. The third-order valence-electron chi connectivity index (χ3n) is 1.57. The van der Waals surface area contributed by atoms with Crippen molar-refractivity contribution in [3.05, 3.63) is 5.89 Å². The maximum Gasteiger partial charge on any atom is 0.306 e. The van der Waals surface area contributed by atoms with Gasteiger partial charge in [0.15, 0.2) is 0 Å². The van der Waals surface area contributed by atoms with E-state index < -0.39 is 0 Å². The average molecular weight is 230 g/mol. The van der Waals surface area contributed by atoms with E-state index in [1.54, 1.807) is 13.8 Å². The smallest absolute Gasteiger partial charge is 0.306 e. The van der Waals surface area contributed by atoms with Gasteiger partial charge in [-0.05, 0) is 6.92 Å². The van der Waals surface area contributed by atoms with E-state index in [2.05, 4.69) is 10.2 Å². The zero-order valence-corrected chi connectivity index (χ0v) is 9.84. The van der Waals surface area contributed by atoms with Gasteiger partial charge in [-0.2, -0.15) is 0 Å². The summed E-state index contributed by atoms with van der Waals surface area (Å²) in [4.78, 5) is 11.1. The fourth-order valence-electron chi connectivity index (χ4n) is 0.994. The maximum absolute atomic E-state index is 11.1. The summed E-state index contributed by atoms with van der Waals surface area (Å²) in [5.74, 6) is 0.328. The molecule has 15 heavy (non-hydrogen) atoms. The van der Waals surface area contributed by atoms with Crippen molar-refractivity contribution in [2.24, 2.45) is 0 Å². The van der Waals surface area contributed by atoms with Crippen LogP contribution in [0.25, 0.3) is 0 Å². The van der Waals surface area contributed by atoms with Crippen LogP contribution in [0.3, 0.4) is 0 Å². The Kier molecular flexibility index (Phi) is 4.61. The molecule has 6 heteroatoms. The standard InChI is InChI=1S/C9H14N2O3S/c1-4-13-8(12)5-6(2)15-9-11-10-7(3)14-9/h6H,4-5H2,1-3H3. The molecule has 0 amide bonds. The van der Waals surface area contributed by atoms with E-state index in [-0.39, 0.29) is 11.2 Å². The second-order valence-electron chi connectivity index (χ2n) is 3.02. The summed E-state index contributed by atoms with van der Waals surface area (Å²) < 4.78 is 10.0. The Morgan fingerprint density at radius 2 is 2.33 bits per heavy atom. The largest absolute Gasteiger partial charge is 0.466 e. The van der Waals surface area contributed by atoms with Crippen molar-refractivity contribution in [3.8, 4) is 0 Å². The summed E-state index contributed by atoms with van der Waals surface area (Å²) in [7, 11) is 0. The summed E-state index contributed by atoms with van der Waals surface area (Å²) in [5.41, 5.74) is 0. The van der Waals surface area contributed by atoms with Gasteiger partial charge in [0.05, 0.1) is 13.0 Å². The van der Waals surface area contributed by atoms with Crippen LogP contribution in [0.15, 0.2) is 9.64 Å². The molecule has 1 aromatic rings. The molecule has 0 aromatic carbocycles. The first-order valence-corrected chi connectivity index (χ1v) is 5.62. The van der Waals surface area contributed by atoms with Crippen LogP contribution in [0.4, 0.5) is 0 Å². The number of thioether (sulfide) groups is 1. The van der Waals surface area contributed by atoms with Gasteiger partial charge >= 0.3 is 5.97 Å². The number of carbonyl (C=O) groups is 1. The lowest BCUT2D eigenvalue weighted by molar-refractivity contribution is -0.142. The van der Waals surface area contributed by atoms with Gasteiger partial charge in [-0.25, -0.2) is 0 Å². The van der Waals surface area contributed by atoms with E-state index in [0.717, 1.165) is 0 Å². The molecule has 0 saturated heterocycles. The number of hydrogen-bond donors (Lipinski definition) is 0. The van der Waals surface area contributed by atoms with Gasteiger partial charge in [-0.3, -0.25) is 4.79 Å². The number of rotatable bonds is 5. The second kappa shape index (κ2) is 5.75. The van der Waals surface area contributed by atoms with Crippen LogP contribution in [-0.4, -0.2) is 28.0 Å². The molecular weight excluding hydrogens is 216 g/mol. The van der Waals surface area contributed by atoms with Crippen molar-refractivity contribution < 1.29 is 13.9 Å². The Morgan fingerprint density at radius 1 is 1.60 bits per heavy atom. The molecule has 0 bridgehead atoms. The van der Waals surface area contributed by atoms with Crippen molar-refractivity contribution in [2.75, 3.05) is 6.61 Å². The fourth-order valence-corrected chi connectivity index (χ4v) is 1.81. The van der Waals surface area contributed by atoms with Gasteiger partial charge < -0.3 is 9.15 Å². The molecule has 0 radical (unpaired) electrons. The average Bonchev–Trinajstić information content (AvgIpc) is 2.51. The summed E-state index contributed by atoms with van der Waals surface area (Å²) in [5, 5.41) is 8.10. The molecule has 5 nitrogen and oxygen atoms in total. The first-order chi connectivity index (χ1) is 7.11. The van der Waals surface area contributed by atoms with E-state index in [1.165, 1.54) is 11.8 Å². The van der Waals surface area contributed by atoms with Crippen LogP contribution in [0.5, 0.6) is 0 Å². The number of aryl methyl sites for hydroxylation is 1. The highest BCUT2D eigenvalue weighted by Gasteiger charge is 2.14. The van der Waals surface area contributed by atoms with E-state index in [0.29, 0.717) is 24.1 Å². The lowest BCUT2D eigenvalue weighted by Crippen LogP contribution is -2.10. The topological polar surface area (TPSA) is 65.2 Å². The third kappa shape index (κ3) is 4.33. The molecule has 1 unspecified atom stereocenters. The Bertz CT molecular complexity index is 327. The SMILES string of the molecule is CCOC(=O)CC(C)Sc1nnc(C)o1. The molecule has 0 aliphatic heterocycles. The number of carbonyl (C=O) groups excluding carboxylic acids is 1. The number of hydrogen-bond acceptors (Lipinski definition) is 6. The molecule has 1 atom stereocenters. The summed E-state index contributed by atoms with van der Waals surface area (Å²) >= 11 is 1.38. The van der Waals surface area contributed by atoms with Crippen LogP contribution >= 0.6 is 11.8 Å². The summed E-state index contributed by atoms with van der Waals surface area (Å²) in [6, 6.07) is 0. The molecular formula is C9H14N2O3S. The molecule has 1 heterocycles. The highest BCUT2D eigenvalue weighted by molar-refractivity contribution is 7.99. The minimum Gasteiger partial charge on any atom is -0.466 e. The van der Waals surface area contributed by atoms with Gasteiger partial charge in [0.25, 0.3) is 5.22 Å². The fraction of sp³-hybridized carbons (Fsp3) is 0.667. The quantitative estimate of drug-likeness (QED) is 0.567. The molecule has 0 saturated carbocycles. The van der Waals surface area contributed by atoms with E-state index >= 15 is 0 Å². The molecule has 0 N–H and O–H groups in total. The van der Waals surface area contributed by atoms with Crippen LogP contribution in [-0.2, 0) is 9.53 Å². The monoisotopic (exact) mass is 230 g/mol. The minimum absolute atomic E-state index is 0.0731. The molecule has 0 fully saturated rings. The molecule has 84 valence electrons. The molecule has 0 aliphatic carbocycles. The van der Waals surface area contributed by atoms with Gasteiger partial charge in [0.1, 0.15) is 0 Å². The number of ether oxygens (including phenoxy) is 1. The van der Waals surface area contributed by atoms with Gasteiger partial charge in [0.2, 0.25) is 5.89 Å². The van der Waals surface area contributed by atoms with Gasteiger partial charge in [-0.1, -0.05) is 18.7 Å². The number of esters is 1. The van der Waals surface area contributed by atoms with Crippen molar-refractivity contribution >= 4 is 17.7 Å². The first kappa shape index (κ1) is 12.0. The molecule has 0 aliphatic rings. The number of aromatic nitrogens is 2. The highest BCUT2D eigenvalue weighted by atomic mass is 32.2. The maximum atomic E-state index is 11.1. The van der Waals surface area contributed by atoms with Crippen LogP contribution in [0.1, 0.15) is 26.2 Å². The highest BCUT2D eigenvalue weighted by Crippen LogP contribution is 2.23. The van der Waals surface area contributed by atoms with E-state index in [1.807, 2.05) is 6.92 Å². The second-order valence-corrected chi connectivity index (χ2v) is 4.41. The Morgan fingerprint density at radius 3 is 2.87 bits per heavy atom. The van der Waals surface area contributed by atoms with E-state index in [9.17, 15) is 4.79 Å². The minimum atomic E-state index is -0.200. The van der Waals surface area contributed by atoms with Crippen LogP contribution < -0.4 is 0 Å². The van der Waals surface area contributed by atoms with Crippen molar-refractivity contribution in [1.82, 2.24) is 10.2 Å². The predicted molar refractivity (Wildman–Crippen MR) is 55.6 cm³/mol. The zero-order chi connectivity index (χ0) is 11.3. The third-order valence-corrected chi connectivity index (χ3v) is 2.50. The summed E-state index contributed by atoms with van der Waals surface area (Å²) in [6.07, 6.45) is 0.347. The van der Waals surface area contributed by atoms with Gasteiger partial charge in [-0.15, -0.1) is 10.2 Å². The normalized spacial score (nSPS) is 12.5. The molecule has 1 rings (SSSR count). The van der Waals surface area contributed by atoms with Gasteiger partial charge in [0, 0.05) is 12.2 Å². The predicted octanol–water partition coefficient (Wildman–Crippen LogP) is 1.81. The van der Waals surface area contributed by atoms with Crippen LogP contribution in [0.2, 0.25) is 0 Å². The molecule has 0 spiro atoms. The van der Waals surface area contributed by atoms with Crippen LogP contribution in [0, 0.1) is 6.92 Å².